The first-order valence-corrected chi connectivity index (χ1v) is 7.59. The van der Waals surface area contributed by atoms with E-state index in [1.54, 1.807) is 0 Å². The molecule has 20 heavy (non-hydrogen) atoms. The molecule has 1 aromatic heterocycles. The third-order valence-electron chi connectivity index (χ3n) is 5.06. The van der Waals surface area contributed by atoms with Crippen LogP contribution in [0, 0.1) is 5.92 Å². The maximum absolute atomic E-state index is 10.9. The number of aromatic nitrogens is 1. The summed E-state index contributed by atoms with van der Waals surface area (Å²) in [6, 6.07) is 10.4. The first kappa shape index (κ1) is 12.3. The van der Waals surface area contributed by atoms with Crippen molar-refractivity contribution in [1.82, 2.24) is 9.88 Å². The molecule has 2 bridgehead atoms. The number of aliphatic hydroxyl groups is 1. The molecule has 0 unspecified atom stereocenters. The van der Waals surface area contributed by atoms with E-state index in [-0.39, 0.29) is 6.04 Å². The topological polar surface area (TPSA) is 36.4 Å². The zero-order chi connectivity index (χ0) is 13.5. The fourth-order valence-electron chi connectivity index (χ4n) is 3.92. The molecule has 104 valence electrons. The highest BCUT2D eigenvalue weighted by Crippen LogP contribution is 2.38. The van der Waals surface area contributed by atoms with Gasteiger partial charge in [0.15, 0.2) is 0 Å². The number of aliphatic hydroxyl groups excluding tert-OH is 1. The first-order valence-electron chi connectivity index (χ1n) is 7.59. The van der Waals surface area contributed by atoms with Crippen LogP contribution in [-0.2, 0) is 0 Å². The Morgan fingerprint density at radius 3 is 2.70 bits per heavy atom. The van der Waals surface area contributed by atoms with Gasteiger partial charge in [-0.2, -0.15) is 0 Å². The van der Waals surface area contributed by atoms with Gasteiger partial charge in [0, 0.05) is 17.6 Å². The minimum absolute atomic E-state index is 0.285. The van der Waals surface area contributed by atoms with E-state index in [0.717, 1.165) is 41.9 Å². The number of piperidine rings is 3. The van der Waals surface area contributed by atoms with Crippen molar-refractivity contribution in [3.63, 3.8) is 0 Å². The molecule has 2 aromatic rings. The fourth-order valence-corrected chi connectivity index (χ4v) is 3.92. The summed E-state index contributed by atoms with van der Waals surface area (Å²) in [5.74, 6) is 0.813. The number of hydrogen-bond acceptors (Lipinski definition) is 3. The van der Waals surface area contributed by atoms with Crippen LogP contribution in [0.3, 0.4) is 0 Å². The van der Waals surface area contributed by atoms with Crippen LogP contribution >= 0.6 is 0 Å². The molecular formula is C17H20N2O. The molecule has 3 nitrogen and oxygen atoms in total. The molecule has 3 aliphatic heterocycles. The van der Waals surface area contributed by atoms with E-state index in [1.807, 2.05) is 30.5 Å². The highest BCUT2D eigenvalue weighted by Gasteiger charge is 2.38. The van der Waals surface area contributed by atoms with E-state index >= 15 is 0 Å². The largest absolute Gasteiger partial charge is 0.387 e. The molecule has 0 spiro atoms. The highest BCUT2D eigenvalue weighted by atomic mass is 16.3. The molecule has 5 rings (SSSR count). The van der Waals surface area contributed by atoms with Gasteiger partial charge in [-0.3, -0.25) is 9.88 Å². The van der Waals surface area contributed by atoms with Crippen LogP contribution in [0.25, 0.3) is 10.9 Å². The van der Waals surface area contributed by atoms with E-state index in [4.69, 9.17) is 0 Å². The second kappa shape index (κ2) is 4.83. The Morgan fingerprint density at radius 2 is 1.95 bits per heavy atom. The third-order valence-corrected chi connectivity index (χ3v) is 5.06. The molecule has 2 atom stereocenters. The van der Waals surface area contributed by atoms with Crippen molar-refractivity contribution in [2.24, 2.45) is 5.92 Å². The number of benzene rings is 1. The van der Waals surface area contributed by atoms with E-state index in [1.165, 1.54) is 12.8 Å². The summed E-state index contributed by atoms with van der Waals surface area (Å²) in [7, 11) is 0. The molecular weight excluding hydrogens is 248 g/mol. The fraction of sp³-hybridized carbons (Fsp3) is 0.471. The Hall–Kier alpha value is -1.45. The molecule has 1 aromatic carbocycles. The zero-order valence-corrected chi connectivity index (χ0v) is 11.6. The summed E-state index contributed by atoms with van der Waals surface area (Å²) in [6.45, 7) is 2.30. The van der Waals surface area contributed by atoms with Gasteiger partial charge in [-0.05, 0) is 56.0 Å². The second-order valence-corrected chi connectivity index (χ2v) is 6.14. The summed E-state index contributed by atoms with van der Waals surface area (Å²) in [6.07, 6.45) is 5.17. The van der Waals surface area contributed by atoms with Gasteiger partial charge >= 0.3 is 0 Å². The summed E-state index contributed by atoms with van der Waals surface area (Å²) >= 11 is 0. The number of pyridine rings is 1. The van der Waals surface area contributed by atoms with Gasteiger partial charge in [0.25, 0.3) is 0 Å². The van der Waals surface area contributed by atoms with Gasteiger partial charge in [0.2, 0.25) is 0 Å². The van der Waals surface area contributed by atoms with Crippen LogP contribution in [0.2, 0.25) is 0 Å². The lowest BCUT2D eigenvalue weighted by molar-refractivity contribution is -0.0263. The number of para-hydroxylation sites is 1. The lowest BCUT2D eigenvalue weighted by Gasteiger charge is -2.47. The van der Waals surface area contributed by atoms with Crippen LogP contribution in [0.15, 0.2) is 36.5 Å². The summed E-state index contributed by atoms with van der Waals surface area (Å²) in [5, 5.41) is 12.0. The summed E-state index contributed by atoms with van der Waals surface area (Å²) < 4.78 is 0. The molecule has 0 saturated carbocycles. The molecule has 0 aliphatic carbocycles. The van der Waals surface area contributed by atoms with Crippen LogP contribution in [0.1, 0.15) is 30.9 Å². The van der Waals surface area contributed by atoms with Crippen molar-refractivity contribution in [3.8, 4) is 0 Å². The van der Waals surface area contributed by atoms with Crippen molar-refractivity contribution in [2.45, 2.75) is 31.4 Å². The van der Waals surface area contributed by atoms with Crippen LogP contribution in [-0.4, -0.2) is 34.1 Å². The van der Waals surface area contributed by atoms with Crippen molar-refractivity contribution in [2.75, 3.05) is 13.1 Å². The van der Waals surface area contributed by atoms with Gasteiger partial charge in [-0.1, -0.05) is 18.2 Å². The summed E-state index contributed by atoms with van der Waals surface area (Å²) in [5.41, 5.74) is 2.01. The SMILES string of the molecule is O[C@@H](c1ccnc2ccccc12)[C@H]1CC2CCN1CC2. The zero-order valence-electron chi connectivity index (χ0n) is 11.6. The molecule has 3 saturated heterocycles. The van der Waals surface area contributed by atoms with Crippen molar-refractivity contribution in [1.29, 1.82) is 0 Å². The lowest BCUT2D eigenvalue weighted by atomic mass is 9.80. The molecule has 1 N–H and O–H groups in total. The van der Waals surface area contributed by atoms with Crippen LogP contribution < -0.4 is 0 Å². The van der Waals surface area contributed by atoms with Crippen LogP contribution in [0.4, 0.5) is 0 Å². The lowest BCUT2D eigenvalue weighted by Crippen LogP contribution is -2.51. The predicted molar refractivity (Wildman–Crippen MR) is 79.4 cm³/mol. The molecule has 0 radical (unpaired) electrons. The first-order chi connectivity index (χ1) is 9.83. The molecule has 4 heterocycles. The Labute approximate surface area is 119 Å². The van der Waals surface area contributed by atoms with E-state index in [9.17, 15) is 5.11 Å². The Kier molecular flexibility index (Phi) is 2.97. The molecule has 3 aliphatic rings. The van der Waals surface area contributed by atoms with E-state index in [2.05, 4.69) is 16.0 Å². The molecule has 0 amide bonds. The minimum Gasteiger partial charge on any atom is -0.387 e. The maximum atomic E-state index is 10.9. The number of hydrogen-bond donors (Lipinski definition) is 1. The van der Waals surface area contributed by atoms with Crippen LogP contribution in [0.5, 0.6) is 0 Å². The van der Waals surface area contributed by atoms with Crippen molar-refractivity contribution >= 4 is 10.9 Å². The number of rotatable bonds is 2. The molecule has 3 heteroatoms. The average molecular weight is 268 g/mol. The van der Waals surface area contributed by atoms with Gasteiger partial charge in [0.05, 0.1) is 11.6 Å². The van der Waals surface area contributed by atoms with E-state index < -0.39 is 6.10 Å². The average Bonchev–Trinajstić information content (AvgIpc) is 2.54. The van der Waals surface area contributed by atoms with Gasteiger partial charge < -0.3 is 5.11 Å². The Bertz CT molecular complexity index is 614. The van der Waals surface area contributed by atoms with Gasteiger partial charge in [0.1, 0.15) is 0 Å². The normalized spacial score (nSPS) is 30.6. The van der Waals surface area contributed by atoms with Gasteiger partial charge in [-0.25, -0.2) is 0 Å². The maximum Gasteiger partial charge on any atom is 0.0952 e. The van der Waals surface area contributed by atoms with Crippen molar-refractivity contribution < 1.29 is 5.11 Å². The quantitative estimate of drug-likeness (QED) is 0.910. The standard InChI is InChI=1S/C17H20N2O/c20-17(16-11-12-6-9-19(16)10-7-12)14-5-8-18-15-4-2-1-3-13(14)15/h1-5,8,12,16-17,20H,6-7,9-11H2/t16-,17+/m1/s1. The monoisotopic (exact) mass is 268 g/mol. The Balaban J connectivity index is 1.72. The summed E-state index contributed by atoms with van der Waals surface area (Å²) in [4.78, 5) is 6.86. The number of fused-ring (bicyclic) bond motifs is 4. The number of nitrogens with zero attached hydrogens (tertiary/aromatic N) is 2. The second-order valence-electron chi connectivity index (χ2n) is 6.14. The minimum atomic E-state index is -0.397. The smallest absolute Gasteiger partial charge is 0.0952 e. The Morgan fingerprint density at radius 1 is 1.15 bits per heavy atom. The molecule has 3 fully saturated rings. The van der Waals surface area contributed by atoms with Gasteiger partial charge in [-0.15, -0.1) is 0 Å². The third kappa shape index (κ3) is 1.93. The van der Waals surface area contributed by atoms with E-state index in [0.29, 0.717) is 0 Å². The van der Waals surface area contributed by atoms with Crippen molar-refractivity contribution in [3.05, 3.63) is 42.1 Å². The predicted octanol–water partition coefficient (Wildman–Crippen LogP) is 2.75. The highest BCUT2D eigenvalue weighted by molar-refractivity contribution is 5.82.